The van der Waals surface area contributed by atoms with E-state index >= 15 is 0 Å². The summed E-state index contributed by atoms with van der Waals surface area (Å²) in [6.07, 6.45) is 8.52. The lowest BCUT2D eigenvalue weighted by Crippen LogP contribution is -2.57. The lowest BCUT2D eigenvalue weighted by molar-refractivity contribution is -0.135. The number of hydrogen-bond acceptors (Lipinski definition) is 6. The number of aromatic nitrogens is 3. The number of pyridine rings is 1. The van der Waals surface area contributed by atoms with Gasteiger partial charge >= 0.3 is 0 Å². The molecule has 2 atom stereocenters. The van der Waals surface area contributed by atoms with Crippen molar-refractivity contribution in [2.45, 2.75) is 38.8 Å². The normalized spacial score (nSPS) is 24.9. The van der Waals surface area contributed by atoms with Gasteiger partial charge in [-0.1, -0.05) is 6.07 Å². The number of amides is 2. The quantitative estimate of drug-likeness (QED) is 0.729. The highest BCUT2D eigenvalue weighted by atomic mass is 16.2. The minimum atomic E-state index is -0.157. The van der Waals surface area contributed by atoms with Gasteiger partial charge in [-0.05, 0) is 38.3 Å². The van der Waals surface area contributed by atoms with Crippen LogP contribution in [-0.2, 0) is 11.3 Å². The topological polar surface area (TPSA) is 82.5 Å². The zero-order valence-corrected chi connectivity index (χ0v) is 18.8. The van der Waals surface area contributed by atoms with Gasteiger partial charge in [-0.3, -0.25) is 24.5 Å². The summed E-state index contributed by atoms with van der Waals surface area (Å²) in [5.41, 5.74) is 2.21. The number of rotatable bonds is 4. The second-order valence-corrected chi connectivity index (χ2v) is 9.29. The molecule has 2 aromatic rings. The number of fused-ring (bicyclic) bond motifs is 2. The van der Waals surface area contributed by atoms with E-state index in [0.717, 1.165) is 44.7 Å². The molecular formula is C24H30N6O2. The molecule has 3 aliphatic heterocycles. The molecule has 3 fully saturated rings. The molecule has 0 unspecified atom stereocenters. The Labute approximate surface area is 188 Å². The van der Waals surface area contributed by atoms with Crippen molar-refractivity contribution in [2.75, 3.05) is 32.7 Å². The van der Waals surface area contributed by atoms with E-state index in [1.807, 2.05) is 24.1 Å². The fourth-order valence-electron chi connectivity index (χ4n) is 6.05. The van der Waals surface area contributed by atoms with Crippen LogP contribution in [0, 0.1) is 18.8 Å². The molecule has 168 valence electrons. The number of nitrogens with zero attached hydrogens (tertiary/aromatic N) is 6. The van der Waals surface area contributed by atoms with Gasteiger partial charge < -0.3 is 9.80 Å². The lowest BCUT2D eigenvalue weighted by atomic mass is 9.75. The SMILES string of the molecule is CCN1C(=O)[C@H]2CN(Cc3cccnc3)C[C@H]2C12CCN(C(=O)c1cnc(C)cn1)CC2. The molecule has 8 heteroatoms. The molecule has 5 rings (SSSR count). The molecule has 32 heavy (non-hydrogen) atoms. The van der Waals surface area contributed by atoms with Crippen LogP contribution >= 0.6 is 0 Å². The molecule has 5 heterocycles. The number of carbonyl (C=O) groups excluding carboxylic acids is 2. The molecule has 0 aromatic carbocycles. The molecule has 1 spiro atoms. The third-order valence-electron chi connectivity index (χ3n) is 7.57. The van der Waals surface area contributed by atoms with E-state index in [1.54, 1.807) is 18.6 Å². The minimum Gasteiger partial charge on any atom is -0.337 e. The van der Waals surface area contributed by atoms with Gasteiger partial charge in [-0.2, -0.15) is 0 Å². The van der Waals surface area contributed by atoms with Crippen molar-refractivity contribution in [1.29, 1.82) is 0 Å². The summed E-state index contributed by atoms with van der Waals surface area (Å²) in [6, 6.07) is 4.05. The van der Waals surface area contributed by atoms with Gasteiger partial charge in [0, 0.05) is 63.8 Å². The first-order valence-electron chi connectivity index (χ1n) is 11.5. The summed E-state index contributed by atoms with van der Waals surface area (Å²) in [7, 11) is 0. The van der Waals surface area contributed by atoms with Crippen LogP contribution in [0.3, 0.4) is 0 Å². The third-order valence-corrected chi connectivity index (χ3v) is 7.57. The van der Waals surface area contributed by atoms with Crippen molar-refractivity contribution in [3.05, 3.63) is 53.9 Å². The van der Waals surface area contributed by atoms with Crippen LogP contribution in [0.5, 0.6) is 0 Å². The van der Waals surface area contributed by atoms with E-state index < -0.39 is 0 Å². The molecule has 0 aliphatic carbocycles. The maximum absolute atomic E-state index is 13.3. The van der Waals surface area contributed by atoms with Gasteiger partial charge in [0.1, 0.15) is 5.69 Å². The molecule has 0 bridgehead atoms. The van der Waals surface area contributed by atoms with Crippen LogP contribution in [0.4, 0.5) is 0 Å². The monoisotopic (exact) mass is 434 g/mol. The third kappa shape index (κ3) is 3.46. The zero-order chi connectivity index (χ0) is 22.3. The van der Waals surface area contributed by atoms with Gasteiger partial charge in [-0.15, -0.1) is 0 Å². The van der Waals surface area contributed by atoms with Crippen LogP contribution in [0.25, 0.3) is 0 Å². The summed E-state index contributed by atoms with van der Waals surface area (Å²) in [6.45, 7) is 8.50. The predicted molar refractivity (Wildman–Crippen MR) is 119 cm³/mol. The smallest absolute Gasteiger partial charge is 0.274 e. The Balaban J connectivity index is 1.31. The number of piperidine rings is 1. The summed E-state index contributed by atoms with van der Waals surface area (Å²) < 4.78 is 0. The second-order valence-electron chi connectivity index (χ2n) is 9.29. The molecule has 8 nitrogen and oxygen atoms in total. The average Bonchev–Trinajstić information content (AvgIpc) is 3.32. The van der Waals surface area contributed by atoms with E-state index in [4.69, 9.17) is 0 Å². The van der Waals surface area contributed by atoms with Crippen molar-refractivity contribution in [3.8, 4) is 0 Å². The molecule has 0 N–H and O–H groups in total. The molecular weight excluding hydrogens is 404 g/mol. The molecule has 0 radical (unpaired) electrons. The summed E-state index contributed by atoms with van der Waals surface area (Å²) in [5.74, 6) is 0.580. The number of likely N-dealkylation sites (tertiary alicyclic amines) is 3. The fourth-order valence-corrected chi connectivity index (χ4v) is 6.05. The Morgan fingerprint density at radius 1 is 1.16 bits per heavy atom. The first-order chi connectivity index (χ1) is 15.5. The van der Waals surface area contributed by atoms with Crippen LogP contribution in [0.1, 0.15) is 41.5 Å². The summed E-state index contributed by atoms with van der Waals surface area (Å²) >= 11 is 0. The zero-order valence-electron chi connectivity index (χ0n) is 18.8. The van der Waals surface area contributed by atoms with Gasteiger partial charge in [0.15, 0.2) is 0 Å². The Morgan fingerprint density at radius 2 is 1.97 bits per heavy atom. The van der Waals surface area contributed by atoms with Crippen molar-refractivity contribution >= 4 is 11.8 Å². The van der Waals surface area contributed by atoms with Crippen LogP contribution in [0.2, 0.25) is 0 Å². The average molecular weight is 435 g/mol. The van der Waals surface area contributed by atoms with Crippen molar-refractivity contribution < 1.29 is 9.59 Å². The van der Waals surface area contributed by atoms with Crippen molar-refractivity contribution in [2.24, 2.45) is 11.8 Å². The lowest BCUT2D eigenvalue weighted by Gasteiger charge is -2.47. The minimum absolute atomic E-state index is 0.0526. The second kappa shape index (κ2) is 8.24. The number of aryl methyl sites for hydroxylation is 1. The van der Waals surface area contributed by atoms with Crippen molar-refractivity contribution in [3.63, 3.8) is 0 Å². The van der Waals surface area contributed by atoms with Gasteiger partial charge in [0.05, 0.1) is 23.3 Å². The highest BCUT2D eigenvalue weighted by molar-refractivity contribution is 5.92. The van der Waals surface area contributed by atoms with E-state index in [0.29, 0.717) is 24.7 Å². The maximum atomic E-state index is 13.3. The predicted octanol–water partition coefficient (Wildman–Crippen LogP) is 1.77. The summed E-state index contributed by atoms with van der Waals surface area (Å²) in [4.78, 5) is 45.4. The molecule has 3 saturated heterocycles. The van der Waals surface area contributed by atoms with E-state index in [9.17, 15) is 9.59 Å². The summed E-state index contributed by atoms with van der Waals surface area (Å²) in [5, 5.41) is 0. The van der Waals surface area contributed by atoms with Gasteiger partial charge in [0.2, 0.25) is 5.91 Å². The van der Waals surface area contributed by atoms with Crippen LogP contribution < -0.4 is 0 Å². The number of hydrogen-bond donors (Lipinski definition) is 0. The standard InChI is InChI=1S/C24H30N6O2/c1-3-30-22(31)19-15-28(14-18-5-4-8-25-12-18)16-20(19)24(30)6-9-29(10-7-24)23(32)21-13-26-17(2)11-27-21/h4-5,8,11-13,19-20H,3,6-7,9-10,14-16H2,1-2H3/t19-,20+/m0/s1. The first-order valence-corrected chi connectivity index (χ1v) is 11.5. The van der Waals surface area contributed by atoms with E-state index in [1.165, 1.54) is 5.56 Å². The molecule has 2 aromatic heterocycles. The first kappa shape index (κ1) is 21.0. The van der Waals surface area contributed by atoms with Gasteiger partial charge in [0.25, 0.3) is 5.91 Å². The van der Waals surface area contributed by atoms with Crippen LogP contribution in [-0.4, -0.2) is 79.7 Å². The number of carbonyl (C=O) groups is 2. The highest BCUT2D eigenvalue weighted by Gasteiger charge is 2.61. The van der Waals surface area contributed by atoms with Gasteiger partial charge in [-0.25, -0.2) is 4.98 Å². The highest BCUT2D eigenvalue weighted by Crippen LogP contribution is 2.49. The maximum Gasteiger partial charge on any atom is 0.274 e. The Hall–Kier alpha value is -2.87. The molecule has 3 aliphatic rings. The Kier molecular flexibility index (Phi) is 5.41. The van der Waals surface area contributed by atoms with E-state index in [2.05, 4.69) is 37.7 Å². The largest absolute Gasteiger partial charge is 0.337 e. The van der Waals surface area contributed by atoms with E-state index in [-0.39, 0.29) is 23.3 Å². The van der Waals surface area contributed by atoms with Crippen LogP contribution in [0.15, 0.2) is 36.9 Å². The Bertz CT molecular complexity index is 987. The molecule has 0 saturated carbocycles. The molecule has 2 amide bonds. The van der Waals surface area contributed by atoms with Crippen molar-refractivity contribution in [1.82, 2.24) is 29.7 Å². The fraction of sp³-hybridized carbons (Fsp3) is 0.542. The Morgan fingerprint density at radius 3 is 2.62 bits per heavy atom.